The molecule has 0 aliphatic rings. The first kappa shape index (κ1) is 13.3. The second-order valence-corrected chi connectivity index (χ2v) is 5.95. The highest BCUT2D eigenvalue weighted by Crippen LogP contribution is 2.31. The molecule has 0 radical (unpaired) electrons. The van der Waals surface area contributed by atoms with Crippen LogP contribution in [0.2, 0.25) is 0 Å². The van der Waals surface area contributed by atoms with Crippen LogP contribution in [0.3, 0.4) is 0 Å². The third kappa shape index (κ3) is 2.49. The number of benzene rings is 1. The van der Waals surface area contributed by atoms with Crippen LogP contribution in [0.1, 0.15) is 30.6 Å². The molecule has 3 aromatic rings. The molecule has 0 spiro atoms. The van der Waals surface area contributed by atoms with Crippen molar-refractivity contribution in [2.75, 3.05) is 6.54 Å². The number of nitrogens with one attached hydrogen (secondary N) is 1. The molecule has 1 aromatic carbocycles. The number of imidazole rings is 1. The van der Waals surface area contributed by atoms with Crippen molar-refractivity contribution in [1.29, 1.82) is 0 Å². The average molecular weight is 285 g/mol. The Hall–Kier alpha value is -1.65. The Morgan fingerprint density at radius 3 is 3.00 bits per heavy atom. The van der Waals surface area contributed by atoms with Crippen molar-refractivity contribution in [3.8, 4) is 0 Å². The first-order valence-corrected chi connectivity index (χ1v) is 7.85. The van der Waals surface area contributed by atoms with Crippen LogP contribution in [0.5, 0.6) is 0 Å². The van der Waals surface area contributed by atoms with Gasteiger partial charge in [0.25, 0.3) is 0 Å². The highest BCUT2D eigenvalue weighted by molar-refractivity contribution is 7.17. The third-order valence-corrected chi connectivity index (χ3v) is 4.42. The predicted octanol–water partition coefficient (Wildman–Crippen LogP) is 3.72. The maximum absolute atomic E-state index is 4.54. The highest BCUT2D eigenvalue weighted by atomic mass is 32.1. The number of aromatic nitrogens is 2. The van der Waals surface area contributed by atoms with Crippen molar-refractivity contribution >= 4 is 21.4 Å². The van der Waals surface area contributed by atoms with Gasteiger partial charge in [-0.25, -0.2) is 4.98 Å². The molecule has 2 aromatic heterocycles. The van der Waals surface area contributed by atoms with E-state index in [9.17, 15) is 0 Å². The van der Waals surface area contributed by atoms with E-state index in [0.717, 1.165) is 18.7 Å². The summed E-state index contributed by atoms with van der Waals surface area (Å²) in [5.41, 5.74) is 2.41. The van der Waals surface area contributed by atoms with Gasteiger partial charge in [0.15, 0.2) is 0 Å². The number of hydrogen-bond donors (Lipinski definition) is 1. The Bertz CT molecular complexity index is 698. The van der Waals surface area contributed by atoms with E-state index in [2.05, 4.69) is 53.1 Å². The zero-order chi connectivity index (χ0) is 13.9. The van der Waals surface area contributed by atoms with Crippen LogP contribution in [-0.4, -0.2) is 16.1 Å². The van der Waals surface area contributed by atoms with E-state index in [4.69, 9.17) is 0 Å². The fourth-order valence-electron chi connectivity index (χ4n) is 2.49. The molecule has 3 nitrogen and oxygen atoms in total. The normalized spacial score (nSPS) is 12.9. The van der Waals surface area contributed by atoms with Crippen LogP contribution >= 0.6 is 11.3 Å². The summed E-state index contributed by atoms with van der Waals surface area (Å²) in [6.45, 7) is 3.18. The molecule has 0 saturated heterocycles. The Balaban J connectivity index is 2.06. The van der Waals surface area contributed by atoms with Gasteiger partial charge in [0.2, 0.25) is 0 Å². The van der Waals surface area contributed by atoms with Gasteiger partial charge in [0.1, 0.15) is 0 Å². The highest BCUT2D eigenvalue weighted by Gasteiger charge is 2.18. The van der Waals surface area contributed by atoms with Crippen LogP contribution in [0.25, 0.3) is 10.1 Å². The van der Waals surface area contributed by atoms with Crippen LogP contribution in [0.4, 0.5) is 0 Å². The van der Waals surface area contributed by atoms with E-state index >= 15 is 0 Å². The van der Waals surface area contributed by atoms with Crippen LogP contribution < -0.4 is 5.32 Å². The van der Waals surface area contributed by atoms with E-state index in [1.54, 1.807) is 11.3 Å². The van der Waals surface area contributed by atoms with E-state index in [1.165, 1.54) is 15.6 Å². The fraction of sp³-hybridized carbons (Fsp3) is 0.312. The van der Waals surface area contributed by atoms with Crippen molar-refractivity contribution in [1.82, 2.24) is 14.9 Å². The second kappa shape index (κ2) is 5.77. The summed E-state index contributed by atoms with van der Waals surface area (Å²) in [6.07, 6.45) is 5.08. The lowest BCUT2D eigenvalue weighted by Gasteiger charge is -2.18. The summed E-state index contributed by atoms with van der Waals surface area (Å²) in [5.74, 6) is 0. The molecule has 20 heavy (non-hydrogen) atoms. The summed E-state index contributed by atoms with van der Waals surface area (Å²) in [5, 5.41) is 7.10. The van der Waals surface area contributed by atoms with E-state index in [0.29, 0.717) is 0 Å². The summed E-state index contributed by atoms with van der Waals surface area (Å²) in [6, 6.07) is 8.86. The van der Waals surface area contributed by atoms with E-state index < -0.39 is 0 Å². The van der Waals surface area contributed by atoms with Gasteiger partial charge in [0, 0.05) is 17.9 Å². The van der Waals surface area contributed by atoms with Crippen molar-refractivity contribution in [2.45, 2.75) is 19.4 Å². The minimum absolute atomic E-state index is 0.165. The van der Waals surface area contributed by atoms with Gasteiger partial charge in [-0.2, -0.15) is 0 Å². The molecule has 1 unspecified atom stereocenters. The van der Waals surface area contributed by atoms with Crippen LogP contribution in [0, 0.1) is 0 Å². The molecule has 4 heteroatoms. The monoisotopic (exact) mass is 285 g/mol. The maximum atomic E-state index is 4.54. The summed E-state index contributed by atoms with van der Waals surface area (Å²) < 4.78 is 3.36. The number of aryl methyl sites for hydroxylation is 1. The number of fused-ring (bicyclic) bond motifs is 1. The fourth-order valence-corrected chi connectivity index (χ4v) is 3.43. The first-order chi connectivity index (χ1) is 9.79. The molecule has 0 aliphatic carbocycles. The van der Waals surface area contributed by atoms with Crippen molar-refractivity contribution < 1.29 is 0 Å². The molecule has 2 heterocycles. The van der Waals surface area contributed by atoms with Gasteiger partial charge in [-0.3, -0.25) is 0 Å². The molecule has 0 saturated carbocycles. The van der Waals surface area contributed by atoms with Gasteiger partial charge < -0.3 is 9.88 Å². The van der Waals surface area contributed by atoms with Gasteiger partial charge in [-0.15, -0.1) is 11.3 Å². The van der Waals surface area contributed by atoms with E-state index in [1.807, 2.05) is 17.9 Å². The molecular formula is C16H19N3S. The van der Waals surface area contributed by atoms with Gasteiger partial charge in [0.05, 0.1) is 18.1 Å². The summed E-state index contributed by atoms with van der Waals surface area (Å²) >= 11 is 1.80. The van der Waals surface area contributed by atoms with Crippen molar-refractivity contribution in [3.05, 3.63) is 53.4 Å². The quantitative estimate of drug-likeness (QED) is 0.774. The third-order valence-electron chi connectivity index (χ3n) is 3.44. The topological polar surface area (TPSA) is 29.9 Å². The van der Waals surface area contributed by atoms with Gasteiger partial charge in [-0.1, -0.05) is 25.1 Å². The van der Waals surface area contributed by atoms with Crippen LogP contribution in [0.15, 0.2) is 42.2 Å². The molecule has 0 fully saturated rings. The predicted molar refractivity (Wildman–Crippen MR) is 85.2 cm³/mol. The SMILES string of the molecule is CCCNC(c1cn(C)cn1)c1cccc2ccsc12. The zero-order valence-corrected chi connectivity index (χ0v) is 12.7. The Morgan fingerprint density at radius 2 is 2.25 bits per heavy atom. The minimum atomic E-state index is 0.165. The average Bonchev–Trinajstić information content (AvgIpc) is 3.08. The lowest BCUT2D eigenvalue weighted by Crippen LogP contribution is -2.23. The molecule has 1 N–H and O–H groups in total. The number of nitrogens with zero attached hydrogens (tertiary/aromatic N) is 2. The Morgan fingerprint density at radius 1 is 1.35 bits per heavy atom. The standard InChI is InChI=1S/C16H19N3S/c1-3-8-17-15(14-10-19(2)11-18-14)13-6-4-5-12-7-9-20-16(12)13/h4-7,9-11,15,17H,3,8H2,1-2H3. The molecule has 0 bridgehead atoms. The smallest absolute Gasteiger partial charge is 0.0947 e. The lowest BCUT2D eigenvalue weighted by atomic mass is 10.0. The molecule has 0 amide bonds. The molecule has 104 valence electrons. The number of thiophene rings is 1. The molecule has 0 aliphatic heterocycles. The van der Waals surface area contributed by atoms with Crippen molar-refractivity contribution in [3.63, 3.8) is 0 Å². The largest absolute Gasteiger partial charge is 0.340 e. The Labute approximate surface area is 123 Å². The number of rotatable bonds is 5. The molecule has 3 rings (SSSR count). The molecule has 1 atom stereocenters. The van der Waals surface area contributed by atoms with E-state index in [-0.39, 0.29) is 6.04 Å². The molecular weight excluding hydrogens is 266 g/mol. The van der Waals surface area contributed by atoms with Crippen LogP contribution in [-0.2, 0) is 7.05 Å². The second-order valence-electron chi connectivity index (χ2n) is 5.04. The van der Waals surface area contributed by atoms with Gasteiger partial charge >= 0.3 is 0 Å². The zero-order valence-electron chi connectivity index (χ0n) is 11.8. The maximum Gasteiger partial charge on any atom is 0.0947 e. The van der Waals surface area contributed by atoms with Gasteiger partial charge in [-0.05, 0) is 35.4 Å². The van der Waals surface area contributed by atoms with Crippen molar-refractivity contribution in [2.24, 2.45) is 7.05 Å². The Kier molecular flexibility index (Phi) is 3.85. The summed E-state index contributed by atoms with van der Waals surface area (Å²) in [4.78, 5) is 4.54. The lowest BCUT2D eigenvalue weighted by molar-refractivity contribution is 0.591. The summed E-state index contributed by atoms with van der Waals surface area (Å²) in [7, 11) is 2.01. The first-order valence-electron chi connectivity index (χ1n) is 6.97. The number of hydrogen-bond acceptors (Lipinski definition) is 3. The minimum Gasteiger partial charge on any atom is -0.340 e.